The molecule has 0 unspecified atom stereocenters. The van der Waals surface area contributed by atoms with Gasteiger partial charge in [-0.25, -0.2) is 23.4 Å². The molecule has 0 aliphatic carbocycles. The Balaban J connectivity index is 1.45. The average Bonchev–Trinajstić information content (AvgIpc) is 3.49. The lowest BCUT2D eigenvalue weighted by atomic mass is 10.1. The van der Waals surface area contributed by atoms with E-state index in [0.717, 1.165) is 5.56 Å². The third-order valence-electron chi connectivity index (χ3n) is 5.81. The van der Waals surface area contributed by atoms with Gasteiger partial charge in [-0.1, -0.05) is 0 Å². The summed E-state index contributed by atoms with van der Waals surface area (Å²) in [4.78, 5) is 25.9. The van der Waals surface area contributed by atoms with Crippen LogP contribution in [0.4, 0.5) is 10.2 Å². The topological polar surface area (TPSA) is 102 Å². The van der Waals surface area contributed by atoms with Crippen molar-refractivity contribution >= 4 is 22.9 Å². The molecule has 0 saturated heterocycles. The summed E-state index contributed by atoms with van der Waals surface area (Å²) in [6.07, 6.45) is 5.07. The number of carbonyl (C=O) groups is 1. The van der Waals surface area contributed by atoms with E-state index in [4.69, 9.17) is 10.1 Å². The molecule has 0 aliphatic heterocycles. The predicted molar refractivity (Wildman–Crippen MR) is 132 cm³/mol. The van der Waals surface area contributed by atoms with Gasteiger partial charge in [-0.2, -0.15) is 5.10 Å². The molecule has 9 nitrogen and oxygen atoms in total. The highest BCUT2D eigenvalue weighted by Crippen LogP contribution is 2.32. The number of hydrogen-bond acceptors (Lipinski definition) is 7. The summed E-state index contributed by atoms with van der Waals surface area (Å²) in [6.45, 7) is 0. The zero-order valence-corrected chi connectivity index (χ0v) is 19.1. The van der Waals surface area contributed by atoms with Gasteiger partial charge < -0.3 is 5.32 Å². The maximum absolute atomic E-state index is 13.6. The maximum atomic E-state index is 13.6. The van der Waals surface area contributed by atoms with Gasteiger partial charge in [0.15, 0.2) is 17.1 Å². The second-order valence-corrected chi connectivity index (χ2v) is 8.14. The van der Waals surface area contributed by atoms with Crippen LogP contribution in [0.15, 0.2) is 79.3 Å². The van der Waals surface area contributed by atoms with Crippen LogP contribution in [0.1, 0.15) is 16.1 Å². The molecule has 5 heterocycles. The number of ketones is 1. The Labute approximate surface area is 204 Å². The molecule has 5 aromatic heterocycles. The molecular formula is C26H19FN8O. The van der Waals surface area contributed by atoms with E-state index < -0.39 is 0 Å². The van der Waals surface area contributed by atoms with E-state index in [2.05, 4.69) is 20.4 Å². The summed E-state index contributed by atoms with van der Waals surface area (Å²) in [6, 6.07) is 16.9. The van der Waals surface area contributed by atoms with Gasteiger partial charge >= 0.3 is 0 Å². The van der Waals surface area contributed by atoms with Crippen LogP contribution in [0.25, 0.3) is 33.9 Å². The molecule has 0 saturated carbocycles. The SMILES string of the molecule is CNc1ccc2nc(-c3ccc(F)cc3)c(-c3ccc4nc(CC(=O)c5ccncc5)cn4n3)n2n1. The van der Waals surface area contributed by atoms with E-state index in [-0.39, 0.29) is 18.0 Å². The van der Waals surface area contributed by atoms with E-state index in [1.165, 1.54) is 12.1 Å². The van der Waals surface area contributed by atoms with Gasteiger partial charge in [0.25, 0.3) is 0 Å². The Hall–Kier alpha value is -4.99. The van der Waals surface area contributed by atoms with Crippen LogP contribution in [0.5, 0.6) is 0 Å². The number of halogens is 1. The number of pyridine rings is 1. The number of nitrogens with zero attached hydrogens (tertiary/aromatic N) is 7. The summed E-state index contributed by atoms with van der Waals surface area (Å²) in [5.74, 6) is 0.282. The minimum atomic E-state index is -0.327. The Bertz CT molecular complexity index is 1720. The third kappa shape index (κ3) is 3.84. The summed E-state index contributed by atoms with van der Waals surface area (Å²) in [7, 11) is 1.79. The van der Waals surface area contributed by atoms with Crippen molar-refractivity contribution in [1.82, 2.24) is 34.2 Å². The lowest BCUT2D eigenvalue weighted by molar-refractivity contribution is 0.0992. The number of benzene rings is 1. The summed E-state index contributed by atoms with van der Waals surface area (Å²) < 4.78 is 17.0. The van der Waals surface area contributed by atoms with Crippen molar-refractivity contribution in [2.24, 2.45) is 0 Å². The van der Waals surface area contributed by atoms with Crippen molar-refractivity contribution in [3.63, 3.8) is 0 Å². The first-order valence-electron chi connectivity index (χ1n) is 11.2. The average molecular weight is 478 g/mol. The fourth-order valence-electron chi connectivity index (χ4n) is 4.05. The third-order valence-corrected chi connectivity index (χ3v) is 5.81. The number of nitrogens with one attached hydrogen (secondary N) is 1. The first kappa shape index (κ1) is 21.5. The quantitative estimate of drug-likeness (QED) is 0.360. The summed E-state index contributed by atoms with van der Waals surface area (Å²) in [5, 5.41) is 12.4. The Morgan fingerprint density at radius 2 is 1.69 bits per heavy atom. The highest BCUT2D eigenvalue weighted by atomic mass is 19.1. The predicted octanol–water partition coefficient (Wildman–Crippen LogP) is 4.11. The highest BCUT2D eigenvalue weighted by molar-refractivity contribution is 5.97. The minimum Gasteiger partial charge on any atom is -0.372 e. The van der Waals surface area contributed by atoms with Crippen molar-refractivity contribution in [2.75, 3.05) is 12.4 Å². The molecule has 0 fully saturated rings. The molecule has 1 aromatic carbocycles. The zero-order valence-electron chi connectivity index (χ0n) is 19.1. The monoisotopic (exact) mass is 478 g/mol. The highest BCUT2D eigenvalue weighted by Gasteiger charge is 2.20. The minimum absolute atomic E-state index is 0.0507. The van der Waals surface area contributed by atoms with Crippen LogP contribution in [0, 0.1) is 5.82 Å². The van der Waals surface area contributed by atoms with Gasteiger partial charge in [-0.3, -0.25) is 9.78 Å². The number of imidazole rings is 2. The van der Waals surface area contributed by atoms with Crippen LogP contribution in [-0.2, 0) is 6.42 Å². The number of anilines is 1. The van der Waals surface area contributed by atoms with Crippen LogP contribution in [0.2, 0.25) is 0 Å². The lowest BCUT2D eigenvalue weighted by Gasteiger charge is -2.06. The summed E-state index contributed by atoms with van der Waals surface area (Å²) >= 11 is 0. The van der Waals surface area contributed by atoms with E-state index >= 15 is 0 Å². The van der Waals surface area contributed by atoms with Crippen molar-refractivity contribution in [1.29, 1.82) is 0 Å². The van der Waals surface area contributed by atoms with Gasteiger partial charge in [0.2, 0.25) is 0 Å². The van der Waals surface area contributed by atoms with Crippen molar-refractivity contribution < 1.29 is 9.18 Å². The van der Waals surface area contributed by atoms with Crippen molar-refractivity contribution in [2.45, 2.75) is 6.42 Å². The molecule has 0 spiro atoms. The number of rotatable bonds is 6. The fourth-order valence-corrected chi connectivity index (χ4v) is 4.05. The number of hydrogen-bond donors (Lipinski definition) is 1. The molecule has 0 radical (unpaired) electrons. The van der Waals surface area contributed by atoms with Gasteiger partial charge in [0.1, 0.15) is 28.7 Å². The Kier molecular flexibility index (Phi) is 5.18. The van der Waals surface area contributed by atoms with Crippen LogP contribution in [0.3, 0.4) is 0 Å². The molecule has 10 heteroatoms. The molecule has 0 aliphatic rings. The Morgan fingerprint density at radius 1 is 0.917 bits per heavy atom. The van der Waals surface area contributed by atoms with Crippen LogP contribution >= 0.6 is 0 Å². The smallest absolute Gasteiger partial charge is 0.168 e. The second-order valence-electron chi connectivity index (χ2n) is 8.14. The molecule has 6 aromatic rings. The van der Waals surface area contributed by atoms with Gasteiger partial charge in [0, 0.05) is 30.6 Å². The van der Waals surface area contributed by atoms with E-state index in [1.807, 2.05) is 24.3 Å². The molecule has 6 rings (SSSR count). The molecule has 0 bridgehead atoms. The van der Waals surface area contributed by atoms with E-state index in [0.29, 0.717) is 45.5 Å². The molecular weight excluding hydrogens is 459 g/mol. The molecule has 0 atom stereocenters. The molecule has 0 amide bonds. The Morgan fingerprint density at radius 3 is 2.47 bits per heavy atom. The molecule has 176 valence electrons. The fraction of sp³-hybridized carbons (Fsp3) is 0.0769. The van der Waals surface area contributed by atoms with Crippen LogP contribution in [-0.4, -0.2) is 47.0 Å². The molecule has 1 N–H and O–H groups in total. The number of aromatic nitrogens is 7. The van der Waals surface area contributed by atoms with Gasteiger partial charge in [0.05, 0.1) is 18.3 Å². The van der Waals surface area contributed by atoms with E-state index in [9.17, 15) is 9.18 Å². The second kappa shape index (κ2) is 8.66. The number of fused-ring (bicyclic) bond motifs is 2. The maximum Gasteiger partial charge on any atom is 0.168 e. The first-order valence-corrected chi connectivity index (χ1v) is 11.2. The number of carbonyl (C=O) groups excluding carboxylic acids is 1. The standard InChI is InChI=1S/C26H19FN8O/c1-28-22-7-9-24-31-25(17-2-4-18(27)5-3-17)26(35(24)33-22)20-6-8-23-30-19(15-34(23)32-20)14-21(36)16-10-12-29-13-11-16/h2-13,15H,14H2,1H3,(H,28,33). The first-order chi connectivity index (χ1) is 17.6. The normalized spacial score (nSPS) is 11.3. The zero-order chi connectivity index (χ0) is 24.6. The van der Waals surface area contributed by atoms with Gasteiger partial charge in [-0.05, 0) is 60.7 Å². The lowest BCUT2D eigenvalue weighted by Crippen LogP contribution is -2.03. The van der Waals surface area contributed by atoms with Crippen molar-refractivity contribution in [3.05, 3.63) is 96.3 Å². The van der Waals surface area contributed by atoms with Gasteiger partial charge in [-0.15, -0.1) is 5.10 Å². The largest absolute Gasteiger partial charge is 0.372 e. The number of Topliss-reactive ketones (excluding diaryl/α,β-unsaturated/α-hetero) is 1. The van der Waals surface area contributed by atoms with Crippen LogP contribution < -0.4 is 5.32 Å². The molecule has 36 heavy (non-hydrogen) atoms. The van der Waals surface area contributed by atoms with E-state index in [1.54, 1.807) is 58.9 Å². The van der Waals surface area contributed by atoms with Crippen molar-refractivity contribution in [3.8, 4) is 22.6 Å². The summed E-state index contributed by atoms with van der Waals surface area (Å²) in [5.41, 5.74) is 5.02.